The SMILES string of the molecule is CN1CCC(NC(=O)c2ccc(C#CCN)cn2)C1=O. The van der Waals surface area contributed by atoms with Gasteiger partial charge in [0, 0.05) is 25.4 Å². The fraction of sp³-hybridized carbons (Fsp3) is 0.357. The molecule has 1 saturated heterocycles. The largest absolute Gasteiger partial charge is 0.344 e. The van der Waals surface area contributed by atoms with Crippen LogP contribution in [0.25, 0.3) is 0 Å². The van der Waals surface area contributed by atoms with E-state index in [2.05, 4.69) is 22.1 Å². The fourth-order valence-electron chi connectivity index (χ4n) is 1.94. The van der Waals surface area contributed by atoms with Crippen molar-refractivity contribution in [3.63, 3.8) is 0 Å². The van der Waals surface area contributed by atoms with Crippen LogP contribution in [0.1, 0.15) is 22.5 Å². The molecule has 1 aromatic heterocycles. The van der Waals surface area contributed by atoms with E-state index in [4.69, 9.17) is 5.73 Å². The van der Waals surface area contributed by atoms with Gasteiger partial charge in [-0.3, -0.25) is 9.59 Å². The lowest BCUT2D eigenvalue weighted by atomic mass is 10.2. The van der Waals surface area contributed by atoms with Gasteiger partial charge in [-0.15, -0.1) is 0 Å². The van der Waals surface area contributed by atoms with Gasteiger partial charge in [0.2, 0.25) is 5.91 Å². The molecule has 0 bridgehead atoms. The smallest absolute Gasteiger partial charge is 0.270 e. The standard InChI is InChI=1S/C14H16N4O2/c1-18-8-6-12(14(18)20)17-13(19)11-5-4-10(9-16-11)3-2-7-15/h4-5,9,12H,6-8,15H2,1H3,(H,17,19). The number of pyridine rings is 1. The topological polar surface area (TPSA) is 88.3 Å². The zero-order valence-electron chi connectivity index (χ0n) is 11.2. The number of likely N-dealkylation sites (tertiary alicyclic amines) is 1. The predicted molar refractivity (Wildman–Crippen MR) is 73.7 cm³/mol. The first-order chi connectivity index (χ1) is 9.61. The zero-order chi connectivity index (χ0) is 14.5. The van der Waals surface area contributed by atoms with Crippen molar-refractivity contribution in [3.05, 3.63) is 29.6 Å². The Labute approximate surface area is 117 Å². The van der Waals surface area contributed by atoms with E-state index in [1.54, 1.807) is 24.1 Å². The molecule has 6 nitrogen and oxygen atoms in total. The van der Waals surface area contributed by atoms with Gasteiger partial charge < -0.3 is 16.0 Å². The van der Waals surface area contributed by atoms with E-state index < -0.39 is 6.04 Å². The first-order valence-corrected chi connectivity index (χ1v) is 6.32. The van der Waals surface area contributed by atoms with Gasteiger partial charge in [0.25, 0.3) is 5.91 Å². The van der Waals surface area contributed by atoms with Gasteiger partial charge in [-0.1, -0.05) is 11.8 Å². The minimum Gasteiger partial charge on any atom is -0.344 e. The van der Waals surface area contributed by atoms with Crippen LogP contribution in [0.2, 0.25) is 0 Å². The molecule has 1 aromatic rings. The van der Waals surface area contributed by atoms with Crippen molar-refractivity contribution in [2.75, 3.05) is 20.1 Å². The number of nitrogens with zero attached hydrogens (tertiary/aromatic N) is 2. The van der Waals surface area contributed by atoms with E-state index in [1.807, 2.05) is 0 Å². The van der Waals surface area contributed by atoms with Crippen LogP contribution >= 0.6 is 0 Å². The number of rotatable bonds is 2. The van der Waals surface area contributed by atoms with Gasteiger partial charge >= 0.3 is 0 Å². The van der Waals surface area contributed by atoms with Gasteiger partial charge in [-0.2, -0.15) is 0 Å². The highest BCUT2D eigenvalue weighted by Crippen LogP contribution is 2.09. The lowest BCUT2D eigenvalue weighted by molar-refractivity contribution is -0.128. The summed E-state index contributed by atoms with van der Waals surface area (Å²) in [5.74, 6) is 5.12. The Hall–Kier alpha value is -2.39. The second kappa shape index (κ2) is 6.17. The molecule has 1 fully saturated rings. The molecule has 0 saturated carbocycles. The number of amides is 2. The van der Waals surface area contributed by atoms with Crippen LogP contribution in [0.5, 0.6) is 0 Å². The van der Waals surface area contributed by atoms with Crippen LogP contribution in [-0.2, 0) is 4.79 Å². The van der Waals surface area contributed by atoms with Crippen molar-refractivity contribution in [1.29, 1.82) is 0 Å². The minimum atomic E-state index is -0.453. The maximum atomic E-state index is 12.0. The summed E-state index contributed by atoms with van der Waals surface area (Å²) in [6.07, 6.45) is 2.14. The first-order valence-electron chi connectivity index (χ1n) is 6.32. The molecule has 1 aliphatic rings. The molecular weight excluding hydrogens is 256 g/mol. The fourth-order valence-corrected chi connectivity index (χ4v) is 1.94. The van der Waals surface area contributed by atoms with Gasteiger partial charge in [0.15, 0.2) is 0 Å². The van der Waals surface area contributed by atoms with Gasteiger partial charge in [0.05, 0.1) is 6.54 Å². The van der Waals surface area contributed by atoms with E-state index in [9.17, 15) is 9.59 Å². The van der Waals surface area contributed by atoms with Crippen LogP contribution < -0.4 is 11.1 Å². The van der Waals surface area contributed by atoms with E-state index in [0.717, 1.165) is 0 Å². The third-order valence-corrected chi connectivity index (χ3v) is 3.06. The molecule has 0 spiro atoms. The normalized spacial score (nSPS) is 17.6. The molecule has 20 heavy (non-hydrogen) atoms. The Morgan fingerprint density at radius 2 is 2.40 bits per heavy atom. The maximum absolute atomic E-state index is 12.0. The number of hydrogen-bond acceptors (Lipinski definition) is 4. The second-order valence-corrected chi connectivity index (χ2v) is 4.51. The van der Waals surface area contributed by atoms with Crippen LogP contribution in [0.4, 0.5) is 0 Å². The van der Waals surface area contributed by atoms with Crippen LogP contribution in [-0.4, -0.2) is 47.9 Å². The Morgan fingerprint density at radius 3 is 2.95 bits per heavy atom. The Morgan fingerprint density at radius 1 is 1.60 bits per heavy atom. The van der Waals surface area contributed by atoms with Crippen LogP contribution in [0.3, 0.4) is 0 Å². The van der Waals surface area contributed by atoms with E-state index >= 15 is 0 Å². The summed E-state index contributed by atoms with van der Waals surface area (Å²) in [5.41, 5.74) is 6.24. The number of hydrogen-bond donors (Lipinski definition) is 2. The van der Waals surface area contributed by atoms with Crippen molar-refractivity contribution < 1.29 is 9.59 Å². The number of nitrogens with one attached hydrogen (secondary N) is 1. The summed E-state index contributed by atoms with van der Waals surface area (Å²) < 4.78 is 0. The van der Waals surface area contributed by atoms with Crippen molar-refractivity contribution in [2.24, 2.45) is 5.73 Å². The van der Waals surface area contributed by atoms with Crippen molar-refractivity contribution in [1.82, 2.24) is 15.2 Å². The third kappa shape index (κ3) is 3.13. The Kier molecular flexibility index (Phi) is 4.33. The van der Waals surface area contributed by atoms with Crippen LogP contribution in [0, 0.1) is 11.8 Å². The van der Waals surface area contributed by atoms with Gasteiger partial charge in [0.1, 0.15) is 11.7 Å². The molecule has 0 radical (unpaired) electrons. The molecule has 1 unspecified atom stereocenters. The summed E-state index contributed by atoms with van der Waals surface area (Å²) >= 11 is 0. The lowest BCUT2D eigenvalue weighted by Crippen LogP contribution is -2.40. The highest BCUT2D eigenvalue weighted by atomic mass is 16.2. The summed E-state index contributed by atoms with van der Waals surface area (Å²) in [6, 6.07) is 2.83. The first kappa shape index (κ1) is 14.0. The van der Waals surface area contributed by atoms with Crippen molar-refractivity contribution in [2.45, 2.75) is 12.5 Å². The summed E-state index contributed by atoms with van der Waals surface area (Å²) in [7, 11) is 1.72. The van der Waals surface area contributed by atoms with Gasteiger partial charge in [-0.25, -0.2) is 4.98 Å². The van der Waals surface area contributed by atoms with Crippen molar-refractivity contribution >= 4 is 11.8 Å². The third-order valence-electron chi connectivity index (χ3n) is 3.06. The average Bonchev–Trinajstić information content (AvgIpc) is 2.77. The summed E-state index contributed by atoms with van der Waals surface area (Å²) in [6.45, 7) is 0.935. The second-order valence-electron chi connectivity index (χ2n) is 4.51. The minimum absolute atomic E-state index is 0.0659. The average molecular weight is 272 g/mol. The number of carbonyl (C=O) groups is 2. The molecule has 1 aliphatic heterocycles. The van der Waals surface area contributed by atoms with Crippen molar-refractivity contribution in [3.8, 4) is 11.8 Å². The highest BCUT2D eigenvalue weighted by molar-refractivity contribution is 5.96. The molecular formula is C14H16N4O2. The van der Waals surface area contributed by atoms with Gasteiger partial charge in [-0.05, 0) is 18.6 Å². The number of nitrogens with two attached hydrogens (primary N) is 1. The molecule has 2 heterocycles. The number of carbonyl (C=O) groups excluding carboxylic acids is 2. The quantitative estimate of drug-likeness (QED) is 0.700. The molecule has 104 valence electrons. The maximum Gasteiger partial charge on any atom is 0.270 e. The lowest BCUT2D eigenvalue weighted by Gasteiger charge is -2.11. The summed E-state index contributed by atoms with van der Waals surface area (Å²) in [5, 5.41) is 2.69. The molecule has 3 N–H and O–H groups in total. The van der Waals surface area contributed by atoms with E-state index in [1.165, 1.54) is 6.20 Å². The summed E-state index contributed by atoms with van der Waals surface area (Å²) in [4.78, 5) is 29.3. The number of aromatic nitrogens is 1. The molecule has 2 amide bonds. The zero-order valence-corrected chi connectivity index (χ0v) is 11.2. The van der Waals surface area contributed by atoms with Crippen LogP contribution in [0.15, 0.2) is 18.3 Å². The Balaban J connectivity index is 2.01. The molecule has 6 heteroatoms. The molecule has 2 rings (SSSR count). The Bertz CT molecular complexity index is 571. The molecule has 0 aliphatic carbocycles. The predicted octanol–water partition coefficient (Wildman–Crippen LogP) is -0.648. The molecule has 0 aromatic carbocycles. The number of likely N-dealkylation sites (N-methyl/N-ethyl adjacent to an activating group) is 1. The molecule has 1 atom stereocenters. The monoisotopic (exact) mass is 272 g/mol. The van der Waals surface area contributed by atoms with E-state index in [0.29, 0.717) is 18.5 Å². The highest BCUT2D eigenvalue weighted by Gasteiger charge is 2.30. The van der Waals surface area contributed by atoms with E-state index in [-0.39, 0.29) is 24.1 Å².